The molecule has 0 bridgehead atoms. The fraction of sp³-hybridized carbons (Fsp3) is 0.400. The Morgan fingerprint density at radius 1 is 0.857 bits per heavy atom. The minimum atomic E-state index is -1.09. The van der Waals surface area contributed by atoms with E-state index in [1.54, 1.807) is 20.8 Å². The molecule has 0 saturated heterocycles. The van der Waals surface area contributed by atoms with Gasteiger partial charge < -0.3 is 34.7 Å². The third kappa shape index (κ3) is 8.73. The lowest BCUT2D eigenvalue weighted by molar-refractivity contribution is -0.141. The van der Waals surface area contributed by atoms with Crippen molar-refractivity contribution in [3.05, 3.63) is 48.0 Å². The zero-order chi connectivity index (χ0) is 26.5. The number of amides is 1. The molecule has 3 N–H and O–H groups in total. The molecule has 2 atom stereocenters. The average Bonchev–Trinajstić information content (AvgIpc) is 2.85. The summed E-state index contributed by atoms with van der Waals surface area (Å²) in [6, 6.07) is 11.2. The van der Waals surface area contributed by atoms with E-state index in [0.29, 0.717) is 17.2 Å². The van der Waals surface area contributed by atoms with Gasteiger partial charge in [-0.05, 0) is 37.1 Å². The van der Waals surface area contributed by atoms with Crippen LogP contribution in [0.4, 0.5) is 5.69 Å². The van der Waals surface area contributed by atoms with Crippen molar-refractivity contribution >= 4 is 23.5 Å². The molecule has 0 aromatic heterocycles. The predicted octanol–water partition coefficient (Wildman–Crippen LogP) is 3.21. The van der Waals surface area contributed by atoms with Gasteiger partial charge >= 0.3 is 11.9 Å². The smallest absolute Gasteiger partial charge is 0.327 e. The number of carboxylic acid groups (broad SMARTS) is 1. The molecule has 0 aliphatic rings. The highest BCUT2D eigenvalue weighted by Crippen LogP contribution is 2.38. The quantitative estimate of drug-likeness (QED) is 0.429. The molecule has 0 spiro atoms. The van der Waals surface area contributed by atoms with Crippen LogP contribution in [-0.4, -0.2) is 63.5 Å². The second kappa shape index (κ2) is 14.3. The average molecular weight is 491 g/mol. The van der Waals surface area contributed by atoms with Crippen molar-refractivity contribution in [2.75, 3.05) is 33.8 Å². The fourth-order valence-electron chi connectivity index (χ4n) is 2.97. The van der Waals surface area contributed by atoms with Gasteiger partial charge in [-0.1, -0.05) is 32.0 Å². The van der Waals surface area contributed by atoms with Crippen LogP contribution < -0.4 is 24.8 Å². The standard InChI is InChI=1S/C15H21NO6.C10H13NO2/c1-8(2)12(15(18)19)16-14(17)9-6-10(20-3)13(22-5)11(7-9)21-4;1-8(10(12)13-2)11-9-6-4-3-5-7-9/h6-8,12H,1-5H3,(H,16,17)(H,18,19);3-8,11H,1-2H3. The number of carboxylic acids is 1. The summed E-state index contributed by atoms with van der Waals surface area (Å²) >= 11 is 0. The number of rotatable bonds is 10. The van der Waals surface area contributed by atoms with Crippen molar-refractivity contribution in [3.8, 4) is 17.2 Å². The maximum Gasteiger partial charge on any atom is 0.327 e. The monoisotopic (exact) mass is 490 g/mol. The van der Waals surface area contributed by atoms with Gasteiger partial charge in [0.25, 0.3) is 5.91 Å². The molecule has 2 unspecified atom stereocenters. The Balaban J connectivity index is 0.000000400. The summed E-state index contributed by atoms with van der Waals surface area (Å²) in [5.74, 6) is -1.12. The number of para-hydroxylation sites is 1. The summed E-state index contributed by atoms with van der Waals surface area (Å²) in [6.45, 7) is 5.20. The molecular formula is C25H34N2O8. The third-order valence-corrected chi connectivity index (χ3v) is 4.86. The number of hydrogen-bond acceptors (Lipinski definition) is 8. The molecule has 0 fully saturated rings. The van der Waals surface area contributed by atoms with Crippen molar-refractivity contribution < 1.29 is 38.4 Å². The molecule has 10 heteroatoms. The molecule has 1 amide bonds. The Hall–Kier alpha value is -3.95. The number of hydrogen-bond donors (Lipinski definition) is 3. The van der Waals surface area contributed by atoms with Gasteiger partial charge in [0.15, 0.2) is 11.5 Å². The zero-order valence-electron chi connectivity index (χ0n) is 21.1. The van der Waals surface area contributed by atoms with E-state index >= 15 is 0 Å². The maximum absolute atomic E-state index is 12.3. The van der Waals surface area contributed by atoms with Crippen LogP contribution in [0, 0.1) is 5.92 Å². The van der Waals surface area contributed by atoms with Crippen LogP contribution in [0.1, 0.15) is 31.1 Å². The van der Waals surface area contributed by atoms with Gasteiger partial charge in [-0.2, -0.15) is 0 Å². The van der Waals surface area contributed by atoms with Crippen LogP contribution in [0.3, 0.4) is 0 Å². The molecular weight excluding hydrogens is 456 g/mol. The van der Waals surface area contributed by atoms with E-state index in [-0.39, 0.29) is 23.5 Å². The largest absolute Gasteiger partial charge is 0.493 e. The molecule has 35 heavy (non-hydrogen) atoms. The lowest BCUT2D eigenvalue weighted by atomic mass is 10.0. The van der Waals surface area contributed by atoms with Crippen molar-refractivity contribution in [2.45, 2.75) is 32.9 Å². The van der Waals surface area contributed by atoms with Gasteiger partial charge in [0.2, 0.25) is 5.75 Å². The molecule has 0 saturated carbocycles. The zero-order valence-corrected chi connectivity index (χ0v) is 21.1. The van der Waals surface area contributed by atoms with E-state index < -0.39 is 17.9 Å². The normalized spacial score (nSPS) is 11.8. The van der Waals surface area contributed by atoms with Crippen LogP contribution in [0.15, 0.2) is 42.5 Å². The lowest BCUT2D eigenvalue weighted by Crippen LogP contribution is -2.44. The lowest BCUT2D eigenvalue weighted by Gasteiger charge is -2.19. The molecule has 2 aromatic rings. The van der Waals surface area contributed by atoms with Crippen LogP contribution in [0.5, 0.6) is 17.2 Å². The first-order chi connectivity index (χ1) is 16.6. The number of anilines is 1. The van der Waals surface area contributed by atoms with Crippen LogP contribution in [0.2, 0.25) is 0 Å². The molecule has 192 valence electrons. The summed E-state index contributed by atoms with van der Waals surface area (Å²) in [6.07, 6.45) is 0. The summed E-state index contributed by atoms with van der Waals surface area (Å²) < 4.78 is 20.1. The van der Waals surface area contributed by atoms with Crippen LogP contribution in [-0.2, 0) is 14.3 Å². The predicted molar refractivity (Wildman–Crippen MR) is 131 cm³/mol. The topological polar surface area (TPSA) is 132 Å². The number of carbonyl (C=O) groups is 3. The minimum Gasteiger partial charge on any atom is -0.493 e. The SMILES string of the molecule is COC(=O)C(C)Nc1ccccc1.COc1cc(C(=O)NC(C(=O)O)C(C)C)cc(OC)c1OC. The first-order valence-electron chi connectivity index (χ1n) is 10.8. The first kappa shape index (κ1) is 29.1. The Kier molecular flexibility index (Phi) is 11.9. The summed E-state index contributed by atoms with van der Waals surface area (Å²) in [7, 11) is 5.71. The van der Waals surface area contributed by atoms with E-state index in [1.807, 2.05) is 30.3 Å². The minimum absolute atomic E-state index is 0.224. The Labute approximate surface area is 205 Å². The van der Waals surface area contributed by atoms with Crippen molar-refractivity contribution in [1.82, 2.24) is 5.32 Å². The van der Waals surface area contributed by atoms with E-state index in [1.165, 1.54) is 40.6 Å². The van der Waals surface area contributed by atoms with Gasteiger partial charge in [0.05, 0.1) is 28.4 Å². The number of methoxy groups -OCH3 is 4. The Morgan fingerprint density at radius 2 is 1.40 bits per heavy atom. The molecule has 2 rings (SSSR count). The first-order valence-corrected chi connectivity index (χ1v) is 10.8. The summed E-state index contributed by atoms with van der Waals surface area (Å²) in [5.41, 5.74) is 1.14. The fourth-order valence-corrected chi connectivity index (χ4v) is 2.97. The number of benzene rings is 2. The van der Waals surface area contributed by atoms with Gasteiger partial charge in [0.1, 0.15) is 12.1 Å². The number of carbonyl (C=O) groups excluding carboxylic acids is 2. The second-order valence-corrected chi connectivity index (χ2v) is 7.70. The van der Waals surface area contributed by atoms with Gasteiger partial charge in [-0.3, -0.25) is 4.79 Å². The highest BCUT2D eigenvalue weighted by molar-refractivity contribution is 5.97. The van der Waals surface area contributed by atoms with E-state index in [4.69, 9.17) is 19.3 Å². The molecule has 0 heterocycles. The molecule has 0 aliphatic heterocycles. The van der Waals surface area contributed by atoms with Gasteiger partial charge in [-0.15, -0.1) is 0 Å². The van der Waals surface area contributed by atoms with E-state index in [0.717, 1.165) is 5.69 Å². The number of esters is 1. The summed E-state index contributed by atoms with van der Waals surface area (Å²) in [4.78, 5) is 34.5. The van der Waals surface area contributed by atoms with Crippen molar-refractivity contribution in [3.63, 3.8) is 0 Å². The van der Waals surface area contributed by atoms with Crippen LogP contribution in [0.25, 0.3) is 0 Å². The number of aliphatic carboxylic acids is 1. The third-order valence-electron chi connectivity index (χ3n) is 4.86. The highest BCUT2D eigenvalue weighted by atomic mass is 16.5. The molecule has 0 radical (unpaired) electrons. The Morgan fingerprint density at radius 3 is 1.80 bits per heavy atom. The second-order valence-electron chi connectivity index (χ2n) is 7.70. The van der Waals surface area contributed by atoms with Crippen LogP contribution >= 0.6 is 0 Å². The molecule has 2 aromatic carbocycles. The Bertz CT molecular complexity index is 954. The van der Waals surface area contributed by atoms with E-state index in [2.05, 4.69) is 15.4 Å². The highest BCUT2D eigenvalue weighted by Gasteiger charge is 2.25. The van der Waals surface area contributed by atoms with Crippen molar-refractivity contribution in [1.29, 1.82) is 0 Å². The molecule has 10 nitrogen and oxygen atoms in total. The van der Waals surface area contributed by atoms with E-state index in [9.17, 15) is 14.4 Å². The molecule has 0 aliphatic carbocycles. The summed E-state index contributed by atoms with van der Waals surface area (Å²) in [5, 5.41) is 14.6. The maximum atomic E-state index is 12.3. The number of nitrogens with one attached hydrogen (secondary N) is 2. The van der Waals surface area contributed by atoms with Gasteiger partial charge in [0, 0.05) is 11.3 Å². The number of ether oxygens (including phenoxy) is 4. The van der Waals surface area contributed by atoms with Crippen molar-refractivity contribution in [2.24, 2.45) is 5.92 Å². The van der Waals surface area contributed by atoms with Gasteiger partial charge in [-0.25, -0.2) is 9.59 Å².